The summed E-state index contributed by atoms with van der Waals surface area (Å²) in [6.07, 6.45) is 3.34. The fraction of sp³-hybridized carbons (Fsp3) is 0.381. The molecule has 0 aromatic carbocycles. The maximum Gasteiger partial charge on any atom is 0.274 e. The van der Waals surface area contributed by atoms with E-state index in [0.717, 1.165) is 28.1 Å². The van der Waals surface area contributed by atoms with Crippen LogP contribution in [0.5, 0.6) is 0 Å². The standard InChI is InChI=1S/C21H26N4O2/c1-7-8-12(2)13(3)18-10-9-16(15(5)26)20(22-18)25-14(4)17-11-24(6)21(27)19(17)23-25/h7-10,15,26H,11H2,1-6H3/b8-7-,13-12-. The van der Waals surface area contributed by atoms with E-state index >= 15 is 0 Å². The molecule has 3 rings (SSSR count). The third kappa shape index (κ3) is 3.21. The van der Waals surface area contributed by atoms with E-state index in [1.807, 2.05) is 52.0 Å². The number of allylic oxidation sites excluding steroid dienone is 4. The number of fused-ring (bicyclic) bond motifs is 1. The molecule has 0 saturated heterocycles. The highest BCUT2D eigenvalue weighted by Crippen LogP contribution is 2.29. The second-order valence-corrected chi connectivity index (χ2v) is 7.08. The summed E-state index contributed by atoms with van der Waals surface area (Å²) in [5.41, 5.74) is 5.95. The molecular weight excluding hydrogens is 340 g/mol. The number of hydrogen-bond donors (Lipinski definition) is 1. The summed E-state index contributed by atoms with van der Waals surface area (Å²) in [5, 5.41) is 14.8. The van der Waals surface area contributed by atoms with E-state index < -0.39 is 6.10 Å². The summed E-state index contributed by atoms with van der Waals surface area (Å²) in [6, 6.07) is 3.80. The van der Waals surface area contributed by atoms with Gasteiger partial charge in [0.2, 0.25) is 0 Å². The highest BCUT2D eigenvalue weighted by atomic mass is 16.3. The van der Waals surface area contributed by atoms with Crippen LogP contribution in [0.25, 0.3) is 11.4 Å². The highest BCUT2D eigenvalue weighted by molar-refractivity contribution is 5.96. The molecule has 142 valence electrons. The van der Waals surface area contributed by atoms with Gasteiger partial charge in [-0.1, -0.05) is 18.2 Å². The van der Waals surface area contributed by atoms with Crippen LogP contribution in [0, 0.1) is 6.92 Å². The number of pyridine rings is 1. The van der Waals surface area contributed by atoms with Gasteiger partial charge < -0.3 is 10.0 Å². The lowest BCUT2D eigenvalue weighted by Gasteiger charge is -2.16. The third-order valence-corrected chi connectivity index (χ3v) is 5.13. The van der Waals surface area contributed by atoms with Crippen molar-refractivity contribution in [2.24, 2.45) is 0 Å². The molecule has 0 aliphatic carbocycles. The van der Waals surface area contributed by atoms with Crippen molar-refractivity contribution in [3.8, 4) is 5.82 Å². The lowest BCUT2D eigenvalue weighted by atomic mass is 10.0. The number of carbonyl (C=O) groups is 1. The van der Waals surface area contributed by atoms with Gasteiger partial charge in [0, 0.05) is 30.4 Å². The Morgan fingerprint density at radius 3 is 2.63 bits per heavy atom. The van der Waals surface area contributed by atoms with Crippen molar-refractivity contribution in [3.63, 3.8) is 0 Å². The predicted molar refractivity (Wildman–Crippen MR) is 106 cm³/mol. The van der Waals surface area contributed by atoms with E-state index in [9.17, 15) is 9.90 Å². The first-order valence-electron chi connectivity index (χ1n) is 9.10. The normalized spacial score (nSPS) is 16.1. The molecule has 6 nitrogen and oxygen atoms in total. The molecule has 1 N–H and O–H groups in total. The minimum Gasteiger partial charge on any atom is -0.389 e. The minimum absolute atomic E-state index is 0.0818. The van der Waals surface area contributed by atoms with E-state index in [0.29, 0.717) is 23.6 Å². The van der Waals surface area contributed by atoms with E-state index in [4.69, 9.17) is 4.98 Å². The molecule has 0 spiro atoms. The molecule has 3 heterocycles. The van der Waals surface area contributed by atoms with Crippen LogP contribution in [-0.4, -0.2) is 37.7 Å². The molecule has 27 heavy (non-hydrogen) atoms. The van der Waals surface area contributed by atoms with Gasteiger partial charge in [-0.15, -0.1) is 0 Å². The van der Waals surface area contributed by atoms with E-state index in [1.165, 1.54) is 0 Å². The fourth-order valence-electron chi connectivity index (χ4n) is 3.33. The van der Waals surface area contributed by atoms with Gasteiger partial charge in [-0.25, -0.2) is 9.67 Å². The van der Waals surface area contributed by atoms with Gasteiger partial charge in [0.25, 0.3) is 5.91 Å². The monoisotopic (exact) mass is 366 g/mol. The van der Waals surface area contributed by atoms with Gasteiger partial charge in [0.15, 0.2) is 11.5 Å². The Kier molecular flexibility index (Phi) is 5.02. The van der Waals surface area contributed by atoms with Gasteiger partial charge in [-0.05, 0) is 51.8 Å². The lowest BCUT2D eigenvalue weighted by Crippen LogP contribution is -2.20. The topological polar surface area (TPSA) is 71.2 Å². The molecule has 1 aliphatic rings. The van der Waals surface area contributed by atoms with Gasteiger partial charge in [-0.2, -0.15) is 5.10 Å². The molecule has 1 atom stereocenters. The van der Waals surface area contributed by atoms with Crippen LogP contribution < -0.4 is 0 Å². The smallest absolute Gasteiger partial charge is 0.274 e. The summed E-state index contributed by atoms with van der Waals surface area (Å²) >= 11 is 0. The number of amides is 1. The maximum atomic E-state index is 12.3. The Morgan fingerprint density at radius 1 is 1.33 bits per heavy atom. The predicted octanol–water partition coefficient (Wildman–Crippen LogP) is 3.58. The van der Waals surface area contributed by atoms with Crippen molar-refractivity contribution in [3.05, 3.63) is 58.1 Å². The molecule has 6 heteroatoms. The van der Waals surface area contributed by atoms with Crippen LogP contribution in [0.15, 0.2) is 29.9 Å². The lowest BCUT2D eigenvalue weighted by molar-refractivity contribution is 0.0810. The van der Waals surface area contributed by atoms with Gasteiger partial charge in [0.05, 0.1) is 11.8 Å². The Labute approximate surface area is 159 Å². The summed E-state index contributed by atoms with van der Waals surface area (Å²) in [4.78, 5) is 18.8. The number of aliphatic hydroxyl groups excluding tert-OH is 1. The molecule has 2 aromatic heterocycles. The molecule has 1 aliphatic heterocycles. The fourth-order valence-corrected chi connectivity index (χ4v) is 3.33. The molecule has 0 bridgehead atoms. The van der Waals surface area contributed by atoms with Crippen LogP contribution >= 0.6 is 0 Å². The van der Waals surface area contributed by atoms with Gasteiger partial charge >= 0.3 is 0 Å². The number of aliphatic hydroxyl groups is 1. The van der Waals surface area contributed by atoms with Crippen molar-refractivity contribution in [1.82, 2.24) is 19.7 Å². The number of aromatic nitrogens is 3. The molecule has 0 saturated carbocycles. The van der Waals surface area contributed by atoms with Crippen LogP contribution in [0.3, 0.4) is 0 Å². The molecular formula is C21H26N4O2. The second-order valence-electron chi connectivity index (χ2n) is 7.08. The summed E-state index contributed by atoms with van der Waals surface area (Å²) in [6.45, 7) is 10.2. The first kappa shape index (κ1) is 19.0. The van der Waals surface area contributed by atoms with Crippen LogP contribution in [0.2, 0.25) is 0 Å². The van der Waals surface area contributed by atoms with E-state index in [-0.39, 0.29) is 5.91 Å². The third-order valence-electron chi connectivity index (χ3n) is 5.13. The summed E-state index contributed by atoms with van der Waals surface area (Å²) in [7, 11) is 1.77. The number of rotatable bonds is 4. The zero-order valence-corrected chi connectivity index (χ0v) is 16.7. The first-order valence-corrected chi connectivity index (χ1v) is 9.10. The maximum absolute atomic E-state index is 12.3. The first-order chi connectivity index (χ1) is 12.8. The van der Waals surface area contributed by atoms with Crippen LogP contribution in [0.1, 0.15) is 66.8 Å². The van der Waals surface area contributed by atoms with Crippen molar-refractivity contribution in [2.75, 3.05) is 7.05 Å². The Bertz CT molecular complexity index is 967. The van der Waals surface area contributed by atoms with Crippen molar-refractivity contribution >= 4 is 11.5 Å². The Morgan fingerprint density at radius 2 is 2.04 bits per heavy atom. The quantitative estimate of drug-likeness (QED) is 0.840. The number of nitrogens with zero attached hydrogens (tertiary/aromatic N) is 4. The SMILES string of the molecule is C/C=C\C(C)=C(\C)c1ccc(C(C)O)c(-n2nc3c(c2C)CN(C)C3=O)n1. The molecule has 1 unspecified atom stereocenters. The molecule has 0 fully saturated rings. The van der Waals surface area contributed by atoms with Gasteiger partial charge in [-0.3, -0.25) is 4.79 Å². The zero-order chi connectivity index (χ0) is 19.9. The van der Waals surface area contributed by atoms with Gasteiger partial charge in [0.1, 0.15) is 0 Å². The van der Waals surface area contributed by atoms with E-state index in [2.05, 4.69) is 5.10 Å². The molecule has 1 amide bonds. The van der Waals surface area contributed by atoms with E-state index in [1.54, 1.807) is 23.6 Å². The average molecular weight is 366 g/mol. The van der Waals surface area contributed by atoms with Crippen LogP contribution in [-0.2, 0) is 6.54 Å². The van der Waals surface area contributed by atoms with Crippen LogP contribution in [0.4, 0.5) is 0 Å². The summed E-state index contributed by atoms with van der Waals surface area (Å²) < 4.78 is 1.69. The van der Waals surface area contributed by atoms with Crippen molar-refractivity contribution < 1.29 is 9.90 Å². The number of hydrogen-bond acceptors (Lipinski definition) is 4. The minimum atomic E-state index is -0.695. The molecule has 2 aromatic rings. The Balaban J connectivity index is 2.20. The second kappa shape index (κ2) is 7.12. The largest absolute Gasteiger partial charge is 0.389 e. The zero-order valence-electron chi connectivity index (χ0n) is 16.7. The Hall–Kier alpha value is -2.73. The summed E-state index contributed by atoms with van der Waals surface area (Å²) in [5.74, 6) is 0.485. The van der Waals surface area contributed by atoms with Crippen molar-refractivity contribution in [2.45, 2.75) is 47.3 Å². The molecule has 0 radical (unpaired) electrons. The van der Waals surface area contributed by atoms with Crippen molar-refractivity contribution in [1.29, 1.82) is 0 Å². The average Bonchev–Trinajstić information content (AvgIpc) is 3.10. The number of carbonyl (C=O) groups excluding carboxylic acids is 1. The highest BCUT2D eigenvalue weighted by Gasteiger charge is 2.32.